The highest BCUT2D eigenvalue weighted by Crippen LogP contribution is 2.20. The second-order valence-corrected chi connectivity index (χ2v) is 6.74. The monoisotopic (exact) mass is 334 g/mol. The van der Waals surface area contributed by atoms with Gasteiger partial charge in [0.2, 0.25) is 0 Å². The molecule has 2 aromatic heterocycles. The average Bonchev–Trinajstić information content (AvgIpc) is 3.18. The molecule has 0 saturated carbocycles. The predicted octanol–water partition coefficient (Wildman–Crippen LogP) is 2.24. The van der Waals surface area contributed by atoms with Crippen LogP contribution in [0.25, 0.3) is 0 Å². The molecular formula is C16H19FN4OS. The van der Waals surface area contributed by atoms with Crippen LogP contribution in [0.2, 0.25) is 0 Å². The van der Waals surface area contributed by atoms with E-state index in [0.29, 0.717) is 19.0 Å². The number of aromatic nitrogens is 2. The van der Waals surface area contributed by atoms with Gasteiger partial charge in [-0.3, -0.25) is 9.78 Å². The van der Waals surface area contributed by atoms with Crippen molar-refractivity contribution in [1.82, 2.24) is 20.2 Å². The number of carbonyl (C=O) groups excluding carboxylic acids is 1. The molecule has 3 heterocycles. The van der Waals surface area contributed by atoms with E-state index in [4.69, 9.17) is 0 Å². The van der Waals surface area contributed by atoms with Crippen LogP contribution >= 0.6 is 11.3 Å². The minimum Gasteiger partial charge on any atom is -0.333 e. The molecule has 7 heteroatoms. The number of rotatable bonds is 5. The normalized spacial score (nSPS) is 17.4. The molecule has 1 fully saturated rings. The molecule has 0 spiro atoms. The van der Waals surface area contributed by atoms with Gasteiger partial charge in [0, 0.05) is 17.6 Å². The summed E-state index contributed by atoms with van der Waals surface area (Å²) < 4.78 is 13.4. The first-order valence-electron chi connectivity index (χ1n) is 7.63. The summed E-state index contributed by atoms with van der Waals surface area (Å²) in [6, 6.07) is 1.24. The lowest BCUT2D eigenvalue weighted by Gasteiger charge is -2.25. The zero-order chi connectivity index (χ0) is 16.2. The summed E-state index contributed by atoms with van der Waals surface area (Å²) in [6.45, 7) is 4.98. The zero-order valence-corrected chi connectivity index (χ0v) is 13.8. The average molecular weight is 334 g/mol. The number of thiazole rings is 1. The van der Waals surface area contributed by atoms with Gasteiger partial charge in [0.05, 0.1) is 29.5 Å². The Morgan fingerprint density at radius 1 is 1.52 bits per heavy atom. The Morgan fingerprint density at radius 3 is 3.04 bits per heavy atom. The van der Waals surface area contributed by atoms with Gasteiger partial charge in [-0.05, 0) is 38.4 Å². The smallest absolute Gasteiger partial charge is 0.255 e. The van der Waals surface area contributed by atoms with Gasteiger partial charge in [-0.15, -0.1) is 11.3 Å². The summed E-state index contributed by atoms with van der Waals surface area (Å²) in [5.41, 5.74) is 3.02. The van der Waals surface area contributed by atoms with E-state index in [1.165, 1.54) is 12.3 Å². The molecule has 0 bridgehead atoms. The SMILES string of the molecule is Cc1ncsc1CN(C[C@H]1CCNC1)C(=O)c1cncc(F)c1. The predicted molar refractivity (Wildman–Crippen MR) is 86.8 cm³/mol. The van der Waals surface area contributed by atoms with Crippen LogP contribution in [0.3, 0.4) is 0 Å². The number of hydrogen-bond acceptors (Lipinski definition) is 5. The Labute approximate surface area is 138 Å². The lowest BCUT2D eigenvalue weighted by Crippen LogP contribution is -2.35. The van der Waals surface area contributed by atoms with Crippen LogP contribution in [0.15, 0.2) is 24.0 Å². The van der Waals surface area contributed by atoms with E-state index < -0.39 is 5.82 Å². The first-order chi connectivity index (χ1) is 11.1. The molecule has 5 nitrogen and oxygen atoms in total. The molecule has 0 radical (unpaired) electrons. The molecule has 0 unspecified atom stereocenters. The fraction of sp³-hybridized carbons (Fsp3) is 0.438. The number of hydrogen-bond donors (Lipinski definition) is 1. The third-order valence-electron chi connectivity index (χ3n) is 4.06. The Bertz CT molecular complexity index is 684. The maximum absolute atomic E-state index is 13.4. The first-order valence-corrected chi connectivity index (χ1v) is 8.51. The Balaban J connectivity index is 1.81. The molecule has 0 aliphatic carbocycles. The van der Waals surface area contributed by atoms with E-state index in [0.717, 1.165) is 36.3 Å². The standard InChI is InChI=1S/C16H19FN4OS/c1-11-15(23-10-20-11)9-21(8-12-2-3-18-5-12)16(22)13-4-14(17)7-19-6-13/h4,6-7,10,12,18H,2-3,5,8-9H2,1H3/t12-/m0/s1. The van der Waals surface area contributed by atoms with Gasteiger partial charge < -0.3 is 10.2 Å². The number of halogens is 1. The van der Waals surface area contributed by atoms with E-state index in [2.05, 4.69) is 15.3 Å². The summed E-state index contributed by atoms with van der Waals surface area (Å²) in [7, 11) is 0. The third-order valence-corrected chi connectivity index (χ3v) is 4.98. The molecule has 1 aliphatic heterocycles. The number of pyridine rings is 1. The highest BCUT2D eigenvalue weighted by molar-refractivity contribution is 7.09. The van der Waals surface area contributed by atoms with Crippen LogP contribution in [0.5, 0.6) is 0 Å². The molecule has 3 rings (SSSR count). The maximum Gasteiger partial charge on any atom is 0.255 e. The van der Waals surface area contributed by atoms with E-state index in [1.807, 2.05) is 6.92 Å². The number of carbonyl (C=O) groups is 1. The molecule has 1 amide bonds. The lowest BCUT2D eigenvalue weighted by atomic mass is 10.1. The van der Waals surface area contributed by atoms with Crippen molar-refractivity contribution in [2.45, 2.75) is 19.9 Å². The summed E-state index contributed by atoms with van der Waals surface area (Å²) >= 11 is 1.54. The van der Waals surface area contributed by atoms with Gasteiger partial charge in [0.15, 0.2) is 0 Å². The molecule has 1 saturated heterocycles. The fourth-order valence-corrected chi connectivity index (χ4v) is 3.56. The molecule has 23 heavy (non-hydrogen) atoms. The summed E-state index contributed by atoms with van der Waals surface area (Å²) in [5, 5.41) is 3.32. The van der Waals surface area contributed by atoms with Gasteiger partial charge >= 0.3 is 0 Å². The molecule has 2 aromatic rings. The van der Waals surface area contributed by atoms with E-state index >= 15 is 0 Å². The molecule has 1 atom stereocenters. The molecule has 122 valence electrons. The van der Waals surface area contributed by atoms with Crippen molar-refractivity contribution < 1.29 is 9.18 Å². The van der Waals surface area contributed by atoms with Crippen molar-refractivity contribution in [3.63, 3.8) is 0 Å². The second-order valence-electron chi connectivity index (χ2n) is 5.80. The summed E-state index contributed by atoms with van der Waals surface area (Å²) in [4.78, 5) is 23.7. The largest absolute Gasteiger partial charge is 0.333 e. The molecular weight excluding hydrogens is 315 g/mol. The maximum atomic E-state index is 13.4. The van der Waals surface area contributed by atoms with Crippen molar-refractivity contribution in [2.24, 2.45) is 5.92 Å². The van der Waals surface area contributed by atoms with Crippen molar-refractivity contribution in [3.8, 4) is 0 Å². The number of amides is 1. The number of aryl methyl sites for hydroxylation is 1. The van der Waals surface area contributed by atoms with Gasteiger partial charge in [0.1, 0.15) is 5.82 Å². The molecule has 0 aromatic carbocycles. The van der Waals surface area contributed by atoms with Crippen LogP contribution in [-0.4, -0.2) is 40.4 Å². The highest BCUT2D eigenvalue weighted by Gasteiger charge is 2.24. The van der Waals surface area contributed by atoms with Crippen molar-refractivity contribution in [3.05, 3.63) is 45.9 Å². The highest BCUT2D eigenvalue weighted by atomic mass is 32.1. The zero-order valence-electron chi connectivity index (χ0n) is 13.0. The Hall–Kier alpha value is -1.86. The number of nitrogens with one attached hydrogen (secondary N) is 1. The Kier molecular flexibility index (Phi) is 4.97. The fourth-order valence-electron chi connectivity index (χ4n) is 2.76. The van der Waals surface area contributed by atoms with Crippen molar-refractivity contribution in [2.75, 3.05) is 19.6 Å². The summed E-state index contributed by atoms with van der Waals surface area (Å²) in [5.74, 6) is -0.252. The topological polar surface area (TPSA) is 58.1 Å². The van der Waals surface area contributed by atoms with E-state index in [9.17, 15) is 9.18 Å². The van der Waals surface area contributed by atoms with Crippen LogP contribution < -0.4 is 5.32 Å². The van der Waals surface area contributed by atoms with Crippen molar-refractivity contribution in [1.29, 1.82) is 0 Å². The first kappa shape index (κ1) is 16.0. The van der Waals surface area contributed by atoms with Crippen LogP contribution in [-0.2, 0) is 6.54 Å². The van der Waals surface area contributed by atoms with Gasteiger partial charge in [-0.1, -0.05) is 0 Å². The van der Waals surface area contributed by atoms with Gasteiger partial charge in [-0.2, -0.15) is 0 Å². The van der Waals surface area contributed by atoms with Gasteiger partial charge in [-0.25, -0.2) is 9.37 Å². The minimum absolute atomic E-state index is 0.184. The van der Waals surface area contributed by atoms with Crippen LogP contribution in [0.1, 0.15) is 27.3 Å². The minimum atomic E-state index is -0.493. The summed E-state index contributed by atoms with van der Waals surface area (Å²) in [6.07, 6.45) is 3.58. The van der Waals surface area contributed by atoms with Crippen LogP contribution in [0, 0.1) is 18.7 Å². The quantitative estimate of drug-likeness (QED) is 0.911. The third kappa shape index (κ3) is 3.92. The molecule has 1 N–H and O–H groups in total. The number of nitrogens with zero attached hydrogens (tertiary/aromatic N) is 3. The van der Waals surface area contributed by atoms with Crippen molar-refractivity contribution >= 4 is 17.2 Å². The second kappa shape index (κ2) is 7.14. The van der Waals surface area contributed by atoms with Crippen LogP contribution in [0.4, 0.5) is 4.39 Å². The lowest BCUT2D eigenvalue weighted by molar-refractivity contribution is 0.0719. The van der Waals surface area contributed by atoms with E-state index in [-0.39, 0.29) is 11.5 Å². The van der Waals surface area contributed by atoms with E-state index in [1.54, 1.807) is 21.7 Å². The Morgan fingerprint density at radius 2 is 2.39 bits per heavy atom. The van der Waals surface area contributed by atoms with Gasteiger partial charge in [0.25, 0.3) is 5.91 Å². The molecule has 1 aliphatic rings.